The maximum atomic E-state index is 12.1. The van der Waals surface area contributed by atoms with E-state index in [1.54, 1.807) is 12.2 Å². The van der Waals surface area contributed by atoms with Crippen molar-refractivity contribution < 1.29 is 14.3 Å². The zero-order valence-electron chi connectivity index (χ0n) is 15.3. The van der Waals surface area contributed by atoms with Gasteiger partial charge in [0.1, 0.15) is 0 Å². The first kappa shape index (κ1) is 17.6. The van der Waals surface area contributed by atoms with E-state index < -0.39 is 0 Å². The maximum Gasteiger partial charge on any atom is 0.244 e. The van der Waals surface area contributed by atoms with E-state index in [9.17, 15) is 4.79 Å². The smallest absolute Gasteiger partial charge is 0.244 e. The lowest BCUT2D eigenvalue weighted by Gasteiger charge is -2.14. The van der Waals surface area contributed by atoms with Gasteiger partial charge in [-0.1, -0.05) is 30.3 Å². The van der Waals surface area contributed by atoms with Crippen LogP contribution >= 0.6 is 0 Å². The number of ether oxygens (including phenoxy) is 2. The summed E-state index contributed by atoms with van der Waals surface area (Å²) in [5, 5.41) is 2.92. The molecule has 1 amide bonds. The van der Waals surface area contributed by atoms with Crippen molar-refractivity contribution in [2.45, 2.75) is 25.9 Å². The topological polar surface area (TPSA) is 50.8 Å². The number of nitrogens with one attached hydrogen (secondary N) is 1. The van der Waals surface area contributed by atoms with Gasteiger partial charge in [0.25, 0.3) is 0 Å². The van der Waals surface area contributed by atoms with Crippen LogP contribution in [0.5, 0.6) is 11.5 Å². The van der Waals surface area contributed by atoms with Crippen LogP contribution < -0.4 is 14.8 Å². The fraction of sp³-hybridized carbons (Fsp3) is 0.318. The zero-order chi connectivity index (χ0) is 18.5. The molecule has 1 fully saturated rings. The Morgan fingerprint density at radius 1 is 1.00 bits per heavy atom. The summed E-state index contributed by atoms with van der Waals surface area (Å²) in [4.78, 5) is 14.5. The van der Waals surface area contributed by atoms with Crippen LogP contribution in [0.3, 0.4) is 0 Å². The number of hydrogen-bond donors (Lipinski definition) is 1. The van der Waals surface area contributed by atoms with Gasteiger partial charge >= 0.3 is 0 Å². The normalized spacial score (nSPS) is 16.1. The Bertz CT molecular complexity index is 824. The highest BCUT2D eigenvalue weighted by Gasteiger charge is 2.13. The lowest BCUT2D eigenvalue weighted by Crippen LogP contribution is -2.20. The lowest BCUT2D eigenvalue weighted by molar-refractivity contribution is -0.116. The van der Waals surface area contributed by atoms with Crippen LogP contribution in [0.15, 0.2) is 48.5 Å². The summed E-state index contributed by atoms with van der Waals surface area (Å²) in [6.07, 6.45) is 5.93. The van der Waals surface area contributed by atoms with Gasteiger partial charge in [-0.15, -0.1) is 0 Å². The molecule has 2 aromatic carbocycles. The number of benzene rings is 2. The van der Waals surface area contributed by atoms with Crippen molar-refractivity contribution in [1.82, 2.24) is 10.2 Å². The van der Waals surface area contributed by atoms with Gasteiger partial charge in [-0.2, -0.15) is 0 Å². The van der Waals surface area contributed by atoms with Gasteiger partial charge < -0.3 is 14.8 Å². The van der Waals surface area contributed by atoms with E-state index >= 15 is 0 Å². The third-order valence-corrected chi connectivity index (χ3v) is 4.92. The van der Waals surface area contributed by atoms with E-state index in [2.05, 4.69) is 34.5 Å². The lowest BCUT2D eigenvalue weighted by atomic mass is 10.1. The molecule has 0 radical (unpaired) electrons. The van der Waals surface area contributed by atoms with E-state index in [0.717, 1.165) is 23.4 Å². The first-order valence-electron chi connectivity index (χ1n) is 9.42. The molecule has 1 N–H and O–H groups in total. The highest BCUT2D eigenvalue weighted by molar-refractivity contribution is 5.91. The molecule has 2 heterocycles. The van der Waals surface area contributed by atoms with Crippen LogP contribution in [0.1, 0.15) is 29.5 Å². The van der Waals surface area contributed by atoms with E-state index in [1.807, 2.05) is 18.2 Å². The molecule has 0 bridgehead atoms. The Labute approximate surface area is 159 Å². The van der Waals surface area contributed by atoms with Crippen LogP contribution in [0.4, 0.5) is 0 Å². The SMILES string of the molecule is O=C(/C=C/c1ccc2c(c1)OCO2)NCc1ccc(CN2CCCC2)cc1. The molecular formula is C22H24N2O3. The molecule has 0 atom stereocenters. The zero-order valence-corrected chi connectivity index (χ0v) is 15.3. The average molecular weight is 364 g/mol. The van der Waals surface area contributed by atoms with Gasteiger partial charge in [0.15, 0.2) is 11.5 Å². The fourth-order valence-electron chi connectivity index (χ4n) is 3.40. The third-order valence-electron chi connectivity index (χ3n) is 4.92. The van der Waals surface area contributed by atoms with Crippen molar-refractivity contribution in [2.75, 3.05) is 19.9 Å². The molecule has 0 unspecified atom stereocenters. The minimum atomic E-state index is -0.117. The fourth-order valence-corrected chi connectivity index (χ4v) is 3.40. The minimum absolute atomic E-state index is 0.117. The van der Waals surface area contributed by atoms with E-state index in [0.29, 0.717) is 12.3 Å². The summed E-state index contributed by atoms with van der Waals surface area (Å²) in [6, 6.07) is 14.1. The summed E-state index contributed by atoms with van der Waals surface area (Å²) in [5.41, 5.74) is 3.33. The minimum Gasteiger partial charge on any atom is -0.454 e. The largest absolute Gasteiger partial charge is 0.454 e. The molecule has 140 valence electrons. The quantitative estimate of drug-likeness (QED) is 0.799. The molecular weight excluding hydrogens is 340 g/mol. The van der Waals surface area contributed by atoms with Crippen molar-refractivity contribution in [3.63, 3.8) is 0 Å². The number of carbonyl (C=O) groups is 1. The number of carbonyl (C=O) groups excluding carboxylic acids is 1. The second-order valence-electron chi connectivity index (χ2n) is 6.96. The van der Waals surface area contributed by atoms with Gasteiger partial charge in [-0.3, -0.25) is 9.69 Å². The highest BCUT2D eigenvalue weighted by atomic mass is 16.7. The van der Waals surface area contributed by atoms with Crippen LogP contribution in [0.2, 0.25) is 0 Å². The summed E-state index contributed by atoms with van der Waals surface area (Å²) in [7, 11) is 0. The Morgan fingerprint density at radius 3 is 2.56 bits per heavy atom. The summed E-state index contributed by atoms with van der Waals surface area (Å²) in [6.45, 7) is 4.19. The number of rotatable bonds is 6. The maximum absolute atomic E-state index is 12.1. The molecule has 5 nitrogen and oxygen atoms in total. The summed E-state index contributed by atoms with van der Waals surface area (Å²) < 4.78 is 10.6. The Kier molecular flexibility index (Phi) is 5.39. The molecule has 0 aliphatic carbocycles. The number of likely N-dealkylation sites (tertiary alicyclic amines) is 1. The third kappa shape index (κ3) is 4.68. The molecule has 5 heteroatoms. The van der Waals surface area contributed by atoms with Gasteiger partial charge in [-0.05, 0) is 60.8 Å². The van der Waals surface area contributed by atoms with Gasteiger partial charge in [0.05, 0.1) is 0 Å². The number of amides is 1. The predicted molar refractivity (Wildman–Crippen MR) is 104 cm³/mol. The standard InChI is InChI=1S/C22H24N2O3/c25-22(10-8-17-7-9-20-21(13-17)27-16-26-20)23-14-18-3-5-19(6-4-18)15-24-11-1-2-12-24/h3-10,13H,1-2,11-12,14-16H2,(H,23,25)/b10-8+. The number of nitrogens with zero attached hydrogens (tertiary/aromatic N) is 1. The highest BCUT2D eigenvalue weighted by Crippen LogP contribution is 2.32. The summed E-state index contributed by atoms with van der Waals surface area (Å²) in [5.74, 6) is 1.34. The van der Waals surface area contributed by atoms with Crippen LogP contribution in [-0.2, 0) is 17.9 Å². The van der Waals surface area contributed by atoms with Crippen molar-refractivity contribution in [2.24, 2.45) is 0 Å². The first-order chi connectivity index (χ1) is 13.3. The van der Waals surface area contributed by atoms with Crippen LogP contribution in [0, 0.1) is 0 Å². The summed E-state index contributed by atoms with van der Waals surface area (Å²) >= 11 is 0. The van der Waals surface area contributed by atoms with E-state index in [4.69, 9.17) is 9.47 Å². The van der Waals surface area contributed by atoms with Crippen LogP contribution in [0.25, 0.3) is 6.08 Å². The Balaban J connectivity index is 1.26. The second kappa shape index (κ2) is 8.27. The molecule has 0 aromatic heterocycles. The molecule has 2 aliphatic rings. The van der Waals surface area contributed by atoms with Crippen molar-refractivity contribution in [1.29, 1.82) is 0 Å². The predicted octanol–water partition coefficient (Wildman–Crippen LogP) is 3.34. The Morgan fingerprint density at radius 2 is 1.74 bits per heavy atom. The van der Waals surface area contributed by atoms with Crippen molar-refractivity contribution in [3.8, 4) is 11.5 Å². The molecule has 2 aromatic rings. The second-order valence-corrected chi connectivity index (χ2v) is 6.96. The van der Waals surface area contributed by atoms with E-state index in [-0.39, 0.29) is 12.7 Å². The van der Waals surface area contributed by atoms with Gasteiger partial charge in [-0.25, -0.2) is 0 Å². The van der Waals surface area contributed by atoms with E-state index in [1.165, 1.54) is 31.5 Å². The number of fused-ring (bicyclic) bond motifs is 1. The Hall–Kier alpha value is -2.79. The molecule has 0 saturated carbocycles. The average Bonchev–Trinajstić information content (AvgIpc) is 3.37. The molecule has 4 rings (SSSR count). The first-order valence-corrected chi connectivity index (χ1v) is 9.42. The number of hydrogen-bond acceptors (Lipinski definition) is 4. The molecule has 0 spiro atoms. The molecule has 2 aliphatic heterocycles. The van der Waals surface area contributed by atoms with Gasteiger partial charge in [0.2, 0.25) is 12.7 Å². The van der Waals surface area contributed by atoms with Crippen molar-refractivity contribution >= 4 is 12.0 Å². The monoisotopic (exact) mass is 364 g/mol. The van der Waals surface area contributed by atoms with Crippen LogP contribution in [-0.4, -0.2) is 30.7 Å². The molecule has 27 heavy (non-hydrogen) atoms. The van der Waals surface area contributed by atoms with Crippen molar-refractivity contribution in [3.05, 3.63) is 65.2 Å². The van der Waals surface area contributed by atoms with Gasteiger partial charge in [0, 0.05) is 19.2 Å². The molecule has 1 saturated heterocycles.